The Hall–Kier alpha value is -2.34. The maximum Gasteiger partial charge on any atom is 0.315 e. The highest BCUT2D eigenvalue weighted by Gasteiger charge is 2.36. The molecule has 6 nitrogen and oxygen atoms in total. The Kier molecular flexibility index (Phi) is 5.08. The van der Waals surface area contributed by atoms with Crippen molar-refractivity contribution in [1.29, 1.82) is 0 Å². The zero-order chi connectivity index (χ0) is 17.9. The number of benzene rings is 1. The molecular formula is C19H25N3O3. The monoisotopic (exact) mass is 343 g/mol. The van der Waals surface area contributed by atoms with Gasteiger partial charge in [-0.15, -0.1) is 0 Å². The molecule has 25 heavy (non-hydrogen) atoms. The van der Waals surface area contributed by atoms with E-state index < -0.39 is 5.60 Å². The quantitative estimate of drug-likeness (QED) is 0.752. The Labute approximate surface area is 147 Å². The number of aliphatic hydroxyl groups is 1. The van der Waals surface area contributed by atoms with E-state index >= 15 is 0 Å². The van der Waals surface area contributed by atoms with E-state index in [4.69, 9.17) is 4.52 Å². The fraction of sp³-hybridized carbons (Fsp3) is 0.474. The zero-order valence-corrected chi connectivity index (χ0v) is 14.8. The van der Waals surface area contributed by atoms with Crippen LogP contribution in [0.15, 0.2) is 28.8 Å². The second-order valence-electron chi connectivity index (χ2n) is 6.46. The first-order valence-electron chi connectivity index (χ1n) is 8.86. The maximum atomic E-state index is 12.2. The van der Waals surface area contributed by atoms with Gasteiger partial charge in [0.05, 0.1) is 12.2 Å². The van der Waals surface area contributed by atoms with Crippen molar-refractivity contribution in [3.8, 4) is 0 Å². The van der Waals surface area contributed by atoms with Crippen molar-refractivity contribution in [3.05, 3.63) is 52.4 Å². The van der Waals surface area contributed by atoms with E-state index in [0.717, 1.165) is 47.4 Å². The van der Waals surface area contributed by atoms with E-state index in [1.807, 2.05) is 38.1 Å². The molecule has 0 aliphatic heterocycles. The van der Waals surface area contributed by atoms with Crippen molar-refractivity contribution in [2.45, 2.75) is 51.7 Å². The van der Waals surface area contributed by atoms with E-state index in [1.165, 1.54) is 0 Å². The van der Waals surface area contributed by atoms with Crippen LogP contribution in [0, 0.1) is 0 Å². The summed E-state index contributed by atoms with van der Waals surface area (Å²) in [6.07, 6.45) is 2.95. The summed E-state index contributed by atoms with van der Waals surface area (Å²) in [6, 6.07) is 7.54. The van der Waals surface area contributed by atoms with Crippen LogP contribution in [0.3, 0.4) is 0 Å². The number of aryl methyl sites for hydroxylation is 3. The van der Waals surface area contributed by atoms with Gasteiger partial charge in [-0.2, -0.15) is 0 Å². The maximum absolute atomic E-state index is 12.2. The molecule has 0 saturated heterocycles. The summed E-state index contributed by atoms with van der Waals surface area (Å²) in [5.41, 5.74) is 2.90. The average molecular weight is 343 g/mol. The smallest absolute Gasteiger partial charge is 0.315 e. The van der Waals surface area contributed by atoms with Crippen molar-refractivity contribution >= 4 is 6.03 Å². The molecule has 134 valence electrons. The first kappa shape index (κ1) is 17.5. The fourth-order valence-electron chi connectivity index (χ4n) is 3.45. The molecule has 2 aromatic rings. The number of fused-ring (bicyclic) bond motifs is 1. The Morgan fingerprint density at radius 3 is 2.84 bits per heavy atom. The van der Waals surface area contributed by atoms with Crippen molar-refractivity contribution in [2.24, 2.45) is 0 Å². The van der Waals surface area contributed by atoms with Gasteiger partial charge in [-0.1, -0.05) is 43.3 Å². The molecule has 2 amide bonds. The molecule has 0 fully saturated rings. The summed E-state index contributed by atoms with van der Waals surface area (Å²) in [7, 11) is 0. The van der Waals surface area contributed by atoms with Crippen LogP contribution in [0.5, 0.6) is 0 Å². The molecule has 0 radical (unpaired) electrons. The molecule has 3 N–H and O–H groups in total. The second-order valence-corrected chi connectivity index (χ2v) is 6.46. The van der Waals surface area contributed by atoms with Crippen LogP contribution in [0.1, 0.15) is 48.4 Å². The molecule has 1 atom stereocenters. The molecule has 1 aliphatic carbocycles. The fourth-order valence-corrected chi connectivity index (χ4v) is 3.45. The number of hydrogen-bond acceptors (Lipinski definition) is 4. The van der Waals surface area contributed by atoms with Crippen molar-refractivity contribution < 1.29 is 14.4 Å². The minimum Gasteiger partial charge on any atom is -0.383 e. The molecule has 6 heteroatoms. The number of nitrogens with zero attached hydrogens (tertiary/aromatic N) is 1. The predicted octanol–water partition coefficient (Wildman–Crippen LogP) is 2.43. The topological polar surface area (TPSA) is 87.4 Å². The normalized spacial score (nSPS) is 18.8. The van der Waals surface area contributed by atoms with Gasteiger partial charge in [0.1, 0.15) is 11.4 Å². The standard InChI is InChI=1S/C19H25N3O3/c1-3-16-14(17(4-2)25-22-16)11-20-18(23)21-12-19(24)10-9-13-7-5-6-8-15(13)19/h5-8,24H,3-4,9-12H2,1-2H3,(H2,20,21,23). The van der Waals surface area contributed by atoms with Crippen LogP contribution in [0.2, 0.25) is 0 Å². The Bertz CT molecular complexity index is 735. The van der Waals surface area contributed by atoms with Gasteiger partial charge < -0.3 is 20.3 Å². The molecule has 1 unspecified atom stereocenters. The van der Waals surface area contributed by atoms with Gasteiger partial charge in [0.2, 0.25) is 0 Å². The van der Waals surface area contributed by atoms with Crippen molar-refractivity contribution in [3.63, 3.8) is 0 Å². The van der Waals surface area contributed by atoms with Crippen LogP contribution in [-0.2, 0) is 31.4 Å². The van der Waals surface area contributed by atoms with Gasteiger partial charge in [0, 0.05) is 18.5 Å². The molecule has 1 aliphatic rings. The molecule has 1 aromatic carbocycles. The lowest BCUT2D eigenvalue weighted by atomic mass is 9.96. The van der Waals surface area contributed by atoms with Gasteiger partial charge >= 0.3 is 6.03 Å². The third kappa shape index (κ3) is 3.54. The highest BCUT2D eigenvalue weighted by atomic mass is 16.5. The third-order valence-electron chi connectivity index (χ3n) is 4.90. The zero-order valence-electron chi connectivity index (χ0n) is 14.8. The average Bonchev–Trinajstić information content (AvgIpc) is 3.19. The minimum atomic E-state index is -0.992. The molecule has 1 aromatic heterocycles. The lowest BCUT2D eigenvalue weighted by molar-refractivity contribution is 0.0412. The van der Waals surface area contributed by atoms with Gasteiger partial charge in [-0.25, -0.2) is 4.79 Å². The summed E-state index contributed by atoms with van der Waals surface area (Å²) in [4.78, 5) is 12.2. The number of hydrogen-bond donors (Lipinski definition) is 3. The van der Waals surface area contributed by atoms with Crippen LogP contribution in [0.25, 0.3) is 0 Å². The van der Waals surface area contributed by atoms with E-state index in [0.29, 0.717) is 13.0 Å². The number of amides is 2. The third-order valence-corrected chi connectivity index (χ3v) is 4.90. The Morgan fingerprint density at radius 2 is 2.08 bits per heavy atom. The first-order chi connectivity index (χ1) is 12.1. The summed E-state index contributed by atoms with van der Waals surface area (Å²) < 4.78 is 5.30. The SMILES string of the molecule is CCc1noc(CC)c1CNC(=O)NCC1(O)CCc2ccccc21. The summed E-state index contributed by atoms with van der Waals surface area (Å²) >= 11 is 0. The number of carbonyl (C=O) groups excluding carboxylic acids is 1. The number of rotatable bonds is 6. The molecule has 0 saturated carbocycles. The van der Waals surface area contributed by atoms with Crippen LogP contribution >= 0.6 is 0 Å². The summed E-state index contributed by atoms with van der Waals surface area (Å²) in [5, 5.41) is 20.5. The van der Waals surface area contributed by atoms with E-state index in [9.17, 15) is 9.90 Å². The van der Waals surface area contributed by atoms with Crippen LogP contribution in [0.4, 0.5) is 4.79 Å². The first-order valence-corrected chi connectivity index (χ1v) is 8.86. The van der Waals surface area contributed by atoms with Gasteiger partial charge in [-0.3, -0.25) is 0 Å². The van der Waals surface area contributed by atoms with Gasteiger partial charge in [-0.05, 0) is 30.4 Å². The lowest BCUT2D eigenvalue weighted by Crippen LogP contribution is -2.43. The van der Waals surface area contributed by atoms with Gasteiger partial charge in [0.15, 0.2) is 0 Å². The minimum absolute atomic E-state index is 0.195. The molecule has 0 spiro atoms. The van der Waals surface area contributed by atoms with E-state index in [1.54, 1.807) is 0 Å². The van der Waals surface area contributed by atoms with E-state index in [-0.39, 0.29) is 12.6 Å². The van der Waals surface area contributed by atoms with Gasteiger partial charge in [0.25, 0.3) is 0 Å². The van der Waals surface area contributed by atoms with Crippen molar-refractivity contribution in [2.75, 3.05) is 6.54 Å². The highest BCUT2D eigenvalue weighted by molar-refractivity contribution is 5.74. The molecule has 3 rings (SSSR count). The Morgan fingerprint density at radius 1 is 1.28 bits per heavy atom. The van der Waals surface area contributed by atoms with Crippen LogP contribution < -0.4 is 10.6 Å². The highest BCUT2D eigenvalue weighted by Crippen LogP contribution is 2.36. The lowest BCUT2D eigenvalue weighted by Gasteiger charge is -2.24. The van der Waals surface area contributed by atoms with Crippen molar-refractivity contribution in [1.82, 2.24) is 15.8 Å². The predicted molar refractivity (Wildman–Crippen MR) is 94.2 cm³/mol. The van der Waals surface area contributed by atoms with E-state index in [2.05, 4.69) is 15.8 Å². The molecular weight excluding hydrogens is 318 g/mol. The summed E-state index contributed by atoms with van der Waals surface area (Å²) in [6.45, 7) is 4.57. The number of aromatic nitrogens is 1. The molecule has 0 bridgehead atoms. The largest absolute Gasteiger partial charge is 0.383 e. The second kappa shape index (κ2) is 7.27. The Balaban J connectivity index is 1.57. The molecule has 1 heterocycles. The number of carbonyl (C=O) groups is 1. The number of urea groups is 1. The summed E-state index contributed by atoms with van der Waals surface area (Å²) in [5.74, 6) is 0.806. The number of nitrogens with one attached hydrogen (secondary N) is 2. The van der Waals surface area contributed by atoms with Crippen LogP contribution in [-0.4, -0.2) is 22.8 Å².